The van der Waals surface area contributed by atoms with Crippen LogP contribution in [0.5, 0.6) is 0 Å². The van der Waals surface area contributed by atoms with Crippen LogP contribution in [0.25, 0.3) is 5.65 Å². The highest BCUT2D eigenvalue weighted by atomic mass is 16.2. The number of hydrogen-bond acceptors (Lipinski definition) is 3. The van der Waals surface area contributed by atoms with Crippen molar-refractivity contribution in [3.63, 3.8) is 0 Å². The van der Waals surface area contributed by atoms with Gasteiger partial charge in [0.2, 0.25) is 0 Å². The number of carbonyl (C=O) groups excluding carboxylic acids is 2. The van der Waals surface area contributed by atoms with Gasteiger partial charge < -0.3 is 9.30 Å². The minimum absolute atomic E-state index is 0.00293. The molecule has 3 amide bonds. The van der Waals surface area contributed by atoms with Crippen molar-refractivity contribution >= 4 is 17.6 Å². The first kappa shape index (κ1) is 14.9. The summed E-state index contributed by atoms with van der Waals surface area (Å²) < 4.78 is 1.97. The van der Waals surface area contributed by atoms with E-state index in [-0.39, 0.29) is 24.0 Å². The molecular weight excluding hydrogens is 316 g/mol. The maximum Gasteiger partial charge on any atom is 0.327 e. The first-order chi connectivity index (χ1) is 12.2. The van der Waals surface area contributed by atoms with Gasteiger partial charge in [-0.2, -0.15) is 0 Å². The van der Waals surface area contributed by atoms with Crippen LogP contribution < -0.4 is 0 Å². The van der Waals surface area contributed by atoms with Crippen molar-refractivity contribution in [2.75, 3.05) is 6.54 Å². The Morgan fingerprint density at radius 3 is 2.92 bits per heavy atom. The Balaban J connectivity index is 1.32. The van der Waals surface area contributed by atoms with Crippen molar-refractivity contribution in [2.24, 2.45) is 5.92 Å². The highest BCUT2D eigenvalue weighted by Crippen LogP contribution is 2.43. The maximum absolute atomic E-state index is 12.9. The lowest BCUT2D eigenvalue weighted by Crippen LogP contribution is -2.41. The van der Waals surface area contributed by atoms with Crippen LogP contribution in [0.3, 0.4) is 0 Å². The molecule has 2 saturated heterocycles. The molecule has 0 bridgehead atoms. The number of urea groups is 1. The van der Waals surface area contributed by atoms with E-state index >= 15 is 0 Å². The fourth-order valence-electron chi connectivity index (χ4n) is 4.91. The maximum atomic E-state index is 12.9. The molecule has 1 aliphatic carbocycles. The number of imidazole rings is 1. The molecule has 4 heterocycles. The van der Waals surface area contributed by atoms with E-state index in [1.165, 1.54) is 24.2 Å². The number of nitrogens with zero attached hydrogens (tertiary/aromatic N) is 4. The van der Waals surface area contributed by atoms with Crippen molar-refractivity contribution in [3.8, 4) is 0 Å². The average Bonchev–Trinajstić information content (AvgIpc) is 3.27. The number of carbonyl (C=O) groups is 2. The summed E-state index contributed by atoms with van der Waals surface area (Å²) in [5.41, 5.74) is 1.80. The summed E-state index contributed by atoms with van der Waals surface area (Å²) in [6, 6.07) is 5.87. The van der Waals surface area contributed by atoms with Gasteiger partial charge in [-0.25, -0.2) is 9.78 Å². The Morgan fingerprint density at radius 1 is 1.16 bits per heavy atom. The monoisotopic (exact) mass is 338 g/mol. The molecule has 0 aromatic carbocycles. The Labute approximate surface area is 146 Å². The van der Waals surface area contributed by atoms with Gasteiger partial charge >= 0.3 is 6.03 Å². The van der Waals surface area contributed by atoms with Crippen LogP contribution >= 0.6 is 0 Å². The lowest BCUT2D eigenvalue weighted by atomic mass is 9.84. The highest BCUT2D eigenvalue weighted by Gasteiger charge is 2.55. The smallest absolute Gasteiger partial charge is 0.309 e. The third kappa shape index (κ3) is 2.27. The first-order valence-corrected chi connectivity index (χ1v) is 9.28. The Morgan fingerprint density at radius 2 is 2.04 bits per heavy atom. The molecule has 6 nitrogen and oxygen atoms in total. The van der Waals surface area contributed by atoms with E-state index in [4.69, 9.17) is 0 Å². The van der Waals surface area contributed by atoms with Gasteiger partial charge in [0, 0.05) is 31.4 Å². The van der Waals surface area contributed by atoms with Crippen molar-refractivity contribution in [1.29, 1.82) is 0 Å². The van der Waals surface area contributed by atoms with Crippen molar-refractivity contribution in [1.82, 2.24) is 19.2 Å². The number of hydrogen-bond donors (Lipinski definition) is 0. The van der Waals surface area contributed by atoms with Crippen LogP contribution in [0.2, 0.25) is 0 Å². The van der Waals surface area contributed by atoms with Crippen LogP contribution in [0, 0.1) is 5.92 Å². The van der Waals surface area contributed by atoms with E-state index in [9.17, 15) is 9.59 Å². The number of pyridine rings is 1. The van der Waals surface area contributed by atoms with E-state index in [1.807, 2.05) is 39.9 Å². The molecule has 2 aliphatic heterocycles. The Bertz CT molecular complexity index is 812. The van der Waals surface area contributed by atoms with Crippen LogP contribution in [0.15, 0.2) is 30.6 Å². The van der Waals surface area contributed by atoms with Crippen molar-refractivity contribution in [2.45, 2.75) is 50.6 Å². The second-order valence-electron chi connectivity index (χ2n) is 7.49. The summed E-state index contributed by atoms with van der Waals surface area (Å²) in [6.45, 7) is 0.423. The molecule has 3 atom stereocenters. The Hall–Kier alpha value is -2.37. The molecule has 2 aromatic rings. The summed E-state index contributed by atoms with van der Waals surface area (Å²) in [7, 11) is 0. The summed E-state index contributed by atoms with van der Waals surface area (Å²) in [5, 5.41) is 0. The molecule has 1 saturated carbocycles. The summed E-state index contributed by atoms with van der Waals surface area (Å²) >= 11 is 0. The highest BCUT2D eigenvalue weighted by molar-refractivity contribution is 6.04. The van der Waals surface area contributed by atoms with Gasteiger partial charge in [-0.05, 0) is 37.3 Å². The molecule has 3 aliphatic rings. The zero-order valence-corrected chi connectivity index (χ0v) is 14.2. The topological polar surface area (TPSA) is 57.9 Å². The van der Waals surface area contributed by atoms with E-state index in [0.29, 0.717) is 18.9 Å². The second kappa shape index (κ2) is 5.58. The summed E-state index contributed by atoms with van der Waals surface area (Å²) in [5.74, 6) is 0.537. The fourth-order valence-corrected chi connectivity index (χ4v) is 4.91. The predicted molar refractivity (Wildman–Crippen MR) is 92.0 cm³/mol. The molecule has 25 heavy (non-hydrogen) atoms. The van der Waals surface area contributed by atoms with E-state index < -0.39 is 0 Å². The van der Waals surface area contributed by atoms with E-state index in [1.54, 1.807) is 0 Å². The largest absolute Gasteiger partial charge is 0.327 e. The molecule has 0 N–H and O–H groups in total. The number of rotatable bonds is 3. The van der Waals surface area contributed by atoms with Crippen LogP contribution in [0.1, 0.15) is 37.8 Å². The molecule has 0 spiro atoms. The van der Waals surface area contributed by atoms with Gasteiger partial charge in [-0.1, -0.05) is 18.9 Å². The number of fused-ring (bicyclic) bond motifs is 4. The number of imide groups is 1. The predicted octanol–water partition coefficient (Wildman–Crippen LogP) is 2.47. The normalized spacial score (nSPS) is 28.7. The van der Waals surface area contributed by atoms with Gasteiger partial charge in [-0.15, -0.1) is 0 Å². The van der Waals surface area contributed by atoms with Gasteiger partial charge in [0.05, 0.1) is 5.69 Å². The summed E-state index contributed by atoms with van der Waals surface area (Å²) in [6.07, 6.45) is 10.0. The first-order valence-electron chi connectivity index (χ1n) is 9.28. The minimum Gasteiger partial charge on any atom is -0.309 e. The SMILES string of the molecule is O=C1[C@@H]2C[C@H]3CCCC[C@H]3N2C(=O)N1CCc1cn2ccccc2n1. The molecule has 5 rings (SSSR count). The number of aromatic nitrogens is 2. The summed E-state index contributed by atoms with van der Waals surface area (Å²) in [4.78, 5) is 33.5. The third-order valence-electron chi connectivity index (χ3n) is 6.10. The zero-order chi connectivity index (χ0) is 17.0. The van der Waals surface area contributed by atoms with Gasteiger partial charge in [0.1, 0.15) is 11.7 Å². The van der Waals surface area contributed by atoms with Gasteiger partial charge in [-0.3, -0.25) is 9.69 Å². The molecule has 3 fully saturated rings. The zero-order valence-electron chi connectivity index (χ0n) is 14.2. The molecule has 0 unspecified atom stereocenters. The Kier molecular flexibility index (Phi) is 3.33. The average molecular weight is 338 g/mol. The molecular formula is C19H22N4O2. The fraction of sp³-hybridized carbons (Fsp3) is 0.526. The molecule has 6 heteroatoms. The van der Waals surface area contributed by atoms with E-state index in [0.717, 1.165) is 24.2 Å². The molecule has 0 radical (unpaired) electrons. The van der Waals surface area contributed by atoms with Gasteiger partial charge in [0.15, 0.2) is 0 Å². The second-order valence-corrected chi connectivity index (χ2v) is 7.49. The van der Waals surface area contributed by atoms with Gasteiger partial charge in [0.25, 0.3) is 5.91 Å². The number of amides is 3. The van der Waals surface area contributed by atoms with Crippen LogP contribution in [-0.2, 0) is 11.2 Å². The third-order valence-corrected chi connectivity index (χ3v) is 6.10. The quantitative estimate of drug-likeness (QED) is 0.808. The van der Waals surface area contributed by atoms with Crippen LogP contribution in [-0.4, -0.2) is 49.8 Å². The lowest BCUT2D eigenvalue weighted by molar-refractivity contribution is -0.128. The van der Waals surface area contributed by atoms with Crippen molar-refractivity contribution in [3.05, 3.63) is 36.3 Å². The lowest BCUT2D eigenvalue weighted by Gasteiger charge is -2.30. The minimum atomic E-state index is -0.207. The molecule has 2 aromatic heterocycles. The molecule has 130 valence electrons. The van der Waals surface area contributed by atoms with Crippen LogP contribution in [0.4, 0.5) is 4.79 Å². The van der Waals surface area contributed by atoms with Crippen molar-refractivity contribution < 1.29 is 9.59 Å². The van der Waals surface area contributed by atoms with E-state index in [2.05, 4.69) is 4.98 Å². The standard InChI is InChI=1S/C19H22N4O2/c24-18-16-11-13-5-1-2-6-15(13)23(16)19(25)22(18)10-8-14-12-21-9-4-3-7-17(21)20-14/h3-4,7,9,12-13,15-16H,1-2,5-6,8,10-11H2/t13-,15-,16+/m1/s1.